The number of hydrogen-bond donors (Lipinski definition) is 1. The van der Waals surface area contributed by atoms with Gasteiger partial charge in [0.15, 0.2) is 0 Å². The standard InChI is InChI=1S/C15H23FN2O/c1-3-18(15(19)9-4-6-12(2)17)11-13-7-5-8-14(16)10-13/h5,7-8,10,12H,3-4,6,9,11,17H2,1-2H3. The Morgan fingerprint density at radius 1 is 1.47 bits per heavy atom. The zero-order valence-electron chi connectivity index (χ0n) is 11.7. The minimum Gasteiger partial charge on any atom is -0.339 e. The molecule has 0 aliphatic heterocycles. The Hall–Kier alpha value is -1.42. The summed E-state index contributed by atoms with van der Waals surface area (Å²) >= 11 is 0. The molecule has 1 aromatic carbocycles. The molecule has 0 bridgehead atoms. The van der Waals surface area contributed by atoms with Crippen LogP contribution >= 0.6 is 0 Å². The monoisotopic (exact) mass is 266 g/mol. The van der Waals surface area contributed by atoms with Gasteiger partial charge in [0, 0.05) is 25.6 Å². The van der Waals surface area contributed by atoms with Crippen molar-refractivity contribution in [2.24, 2.45) is 5.73 Å². The molecule has 0 radical (unpaired) electrons. The first-order valence-corrected chi connectivity index (χ1v) is 6.80. The number of nitrogens with two attached hydrogens (primary N) is 1. The normalized spacial score (nSPS) is 12.2. The summed E-state index contributed by atoms with van der Waals surface area (Å²) < 4.78 is 13.1. The maximum absolute atomic E-state index is 13.1. The van der Waals surface area contributed by atoms with Crippen LogP contribution in [-0.2, 0) is 11.3 Å². The van der Waals surface area contributed by atoms with Crippen LogP contribution in [0.15, 0.2) is 24.3 Å². The fourth-order valence-corrected chi connectivity index (χ4v) is 1.97. The summed E-state index contributed by atoms with van der Waals surface area (Å²) in [6.45, 7) is 4.97. The summed E-state index contributed by atoms with van der Waals surface area (Å²) in [6, 6.07) is 6.51. The molecule has 1 aromatic rings. The molecule has 0 fully saturated rings. The predicted molar refractivity (Wildman–Crippen MR) is 75.0 cm³/mol. The van der Waals surface area contributed by atoms with Crippen molar-refractivity contribution in [1.82, 2.24) is 4.90 Å². The van der Waals surface area contributed by atoms with Crippen LogP contribution < -0.4 is 5.73 Å². The molecule has 0 heterocycles. The molecule has 1 amide bonds. The van der Waals surface area contributed by atoms with E-state index in [1.165, 1.54) is 12.1 Å². The van der Waals surface area contributed by atoms with Crippen LogP contribution in [0, 0.1) is 5.82 Å². The van der Waals surface area contributed by atoms with Crippen LogP contribution in [0.2, 0.25) is 0 Å². The number of benzene rings is 1. The molecule has 0 spiro atoms. The molecule has 0 saturated carbocycles. The van der Waals surface area contributed by atoms with Crippen LogP contribution in [0.5, 0.6) is 0 Å². The third-order valence-corrected chi connectivity index (χ3v) is 3.05. The molecule has 1 rings (SSSR count). The average molecular weight is 266 g/mol. The number of rotatable bonds is 7. The Morgan fingerprint density at radius 2 is 2.21 bits per heavy atom. The Morgan fingerprint density at radius 3 is 2.79 bits per heavy atom. The first kappa shape index (κ1) is 15.6. The number of halogens is 1. The van der Waals surface area contributed by atoms with Crippen molar-refractivity contribution in [3.05, 3.63) is 35.6 Å². The highest BCUT2D eigenvalue weighted by Crippen LogP contribution is 2.10. The molecule has 4 heteroatoms. The fourth-order valence-electron chi connectivity index (χ4n) is 1.97. The average Bonchev–Trinajstić information content (AvgIpc) is 2.35. The lowest BCUT2D eigenvalue weighted by Crippen LogP contribution is -2.30. The van der Waals surface area contributed by atoms with Crippen molar-refractivity contribution >= 4 is 5.91 Å². The zero-order chi connectivity index (χ0) is 14.3. The highest BCUT2D eigenvalue weighted by molar-refractivity contribution is 5.76. The Labute approximate surface area is 114 Å². The SMILES string of the molecule is CCN(Cc1cccc(F)c1)C(=O)CCCC(C)N. The van der Waals surface area contributed by atoms with E-state index in [0.717, 1.165) is 18.4 Å². The lowest BCUT2D eigenvalue weighted by atomic mass is 10.1. The lowest BCUT2D eigenvalue weighted by molar-refractivity contribution is -0.131. The van der Waals surface area contributed by atoms with Crippen molar-refractivity contribution in [1.29, 1.82) is 0 Å². The van der Waals surface area contributed by atoms with Gasteiger partial charge in [-0.25, -0.2) is 4.39 Å². The second-order valence-corrected chi connectivity index (χ2v) is 4.91. The van der Waals surface area contributed by atoms with E-state index in [0.29, 0.717) is 19.5 Å². The van der Waals surface area contributed by atoms with Gasteiger partial charge in [0.05, 0.1) is 0 Å². The Bertz CT molecular complexity index is 407. The molecule has 1 atom stereocenters. The van der Waals surface area contributed by atoms with Crippen LogP contribution in [0.4, 0.5) is 4.39 Å². The van der Waals surface area contributed by atoms with Crippen LogP contribution in [0.1, 0.15) is 38.7 Å². The molecule has 3 nitrogen and oxygen atoms in total. The van der Waals surface area contributed by atoms with Gasteiger partial charge in [-0.1, -0.05) is 12.1 Å². The van der Waals surface area contributed by atoms with Gasteiger partial charge in [0.2, 0.25) is 5.91 Å². The highest BCUT2D eigenvalue weighted by Gasteiger charge is 2.12. The van der Waals surface area contributed by atoms with Gasteiger partial charge in [-0.3, -0.25) is 4.79 Å². The zero-order valence-corrected chi connectivity index (χ0v) is 11.7. The van der Waals surface area contributed by atoms with Crippen molar-refractivity contribution in [3.8, 4) is 0 Å². The predicted octanol–water partition coefficient (Wildman–Crippen LogP) is 2.69. The van der Waals surface area contributed by atoms with Gasteiger partial charge in [-0.05, 0) is 44.4 Å². The molecule has 0 saturated heterocycles. The van der Waals surface area contributed by atoms with E-state index < -0.39 is 0 Å². The molecule has 19 heavy (non-hydrogen) atoms. The summed E-state index contributed by atoms with van der Waals surface area (Å²) in [5.74, 6) is -0.162. The number of nitrogens with zero attached hydrogens (tertiary/aromatic N) is 1. The smallest absolute Gasteiger partial charge is 0.222 e. The summed E-state index contributed by atoms with van der Waals surface area (Å²) in [7, 11) is 0. The maximum atomic E-state index is 13.1. The number of amides is 1. The van der Waals surface area contributed by atoms with Crippen molar-refractivity contribution in [3.63, 3.8) is 0 Å². The highest BCUT2D eigenvalue weighted by atomic mass is 19.1. The van der Waals surface area contributed by atoms with E-state index in [9.17, 15) is 9.18 Å². The van der Waals surface area contributed by atoms with Gasteiger partial charge in [-0.2, -0.15) is 0 Å². The molecule has 106 valence electrons. The summed E-state index contributed by atoms with van der Waals surface area (Å²) in [6.07, 6.45) is 2.16. The van der Waals surface area contributed by atoms with E-state index in [1.807, 2.05) is 19.9 Å². The molecule has 2 N–H and O–H groups in total. The molecular weight excluding hydrogens is 243 g/mol. The van der Waals surface area contributed by atoms with E-state index in [4.69, 9.17) is 5.73 Å². The Kier molecular flexibility index (Phi) is 6.50. The van der Waals surface area contributed by atoms with Gasteiger partial charge in [-0.15, -0.1) is 0 Å². The van der Waals surface area contributed by atoms with E-state index in [-0.39, 0.29) is 17.8 Å². The molecule has 0 aromatic heterocycles. The second-order valence-electron chi connectivity index (χ2n) is 4.91. The van der Waals surface area contributed by atoms with E-state index >= 15 is 0 Å². The largest absolute Gasteiger partial charge is 0.339 e. The van der Waals surface area contributed by atoms with Crippen molar-refractivity contribution in [2.45, 2.75) is 45.7 Å². The van der Waals surface area contributed by atoms with E-state index in [1.54, 1.807) is 11.0 Å². The summed E-state index contributed by atoms with van der Waals surface area (Å²) in [4.78, 5) is 13.8. The molecule has 0 aliphatic rings. The molecule has 0 aliphatic carbocycles. The molecular formula is C15H23FN2O. The first-order valence-electron chi connectivity index (χ1n) is 6.80. The summed E-state index contributed by atoms with van der Waals surface area (Å²) in [5.41, 5.74) is 6.48. The number of carbonyl (C=O) groups excluding carboxylic acids is 1. The maximum Gasteiger partial charge on any atom is 0.222 e. The van der Waals surface area contributed by atoms with Crippen molar-refractivity contribution < 1.29 is 9.18 Å². The number of carbonyl (C=O) groups is 1. The molecule has 1 unspecified atom stereocenters. The van der Waals surface area contributed by atoms with Crippen LogP contribution in [-0.4, -0.2) is 23.4 Å². The Balaban J connectivity index is 2.50. The second kappa shape index (κ2) is 7.89. The van der Waals surface area contributed by atoms with Gasteiger partial charge >= 0.3 is 0 Å². The van der Waals surface area contributed by atoms with Gasteiger partial charge in [0.1, 0.15) is 5.82 Å². The third-order valence-electron chi connectivity index (χ3n) is 3.05. The first-order chi connectivity index (χ1) is 9.02. The summed E-state index contributed by atoms with van der Waals surface area (Å²) in [5, 5.41) is 0. The quantitative estimate of drug-likeness (QED) is 0.824. The van der Waals surface area contributed by atoms with Gasteiger partial charge in [0.25, 0.3) is 0 Å². The fraction of sp³-hybridized carbons (Fsp3) is 0.533. The lowest BCUT2D eigenvalue weighted by Gasteiger charge is -2.21. The van der Waals surface area contributed by atoms with Gasteiger partial charge < -0.3 is 10.6 Å². The minimum absolute atomic E-state index is 0.104. The van der Waals surface area contributed by atoms with Crippen LogP contribution in [0.3, 0.4) is 0 Å². The third kappa shape index (κ3) is 5.83. The minimum atomic E-state index is -0.266. The van der Waals surface area contributed by atoms with E-state index in [2.05, 4.69) is 0 Å². The topological polar surface area (TPSA) is 46.3 Å². The number of hydrogen-bond acceptors (Lipinski definition) is 2. The van der Waals surface area contributed by atoms with Crippen molar-refractivity contribution in [2.75, 3.05) is 6.54 Å². The van der Waals surface area contributed by atoms with Crippen LogP contribution in [0.25, 0.3) is 0 Å².